The molecule has 0 amide bonds. The number of aromatic amines is 1. The molecule has 1 aromatic heterocycles. The molecule has 1 heterocycles. The molecule has 0 bridgehead atoms. The smallest absolute Gasteiger partial charge is 0.216 e. The molecule has 0 saturated heterocycles. The predicted molar refractivity (Wildman–Crippen MR) is 94.3 cm³/mol. The van der Waals surface area contributed by atoms with Crippen LogP contribution in [0.25, 0.3) is 0 Å². The van der Waals surface area contributed by atoms with Crippen molar-refractivity contribution in [1.29, 1.82) is 0 Å². The molecule has 0 aliphatic carbocycles. The highest BCUT2D eigenvalue weighted by atomic mass is 32.1. The number of hydrogen-bond donors (Lipinski definition) is 2. The molecule has 6 nitrogen and oxygen atoms in total. The summed E-state index contributed by atoms with van der Waals surface area (Å²) in [7, 11) is 1.54. The number of methoxy groups -OCH3 is 1. The van der Waals surface area contributed by atoms with E-state index in [9.17, 15) is 9.50 Å². The van der Waals surface area contributed by atoms with Gasteiger partial charge < -0.3 is 9.84 Å². The van der Waals surface area contributed by atoms with Crippen molar-refractivity contribution in [3.8, 4) is 11.5 Å². The van der Waals surface area contributed by atoms with Gasteiger partial charge in [0.15, 0.2) is 5.82 Å². The van der Waals surface area contributed by atoms with E-state index in [0.29, 0.717) is 28.3 Å². The van der Waals surface area contributed by atoms with Crippen LogP contribution in [0.4, 0.5) is 4.39 Å². The van der Waals surface area contributed by atoms with Crippen LogP contribution in [0.15, 0.2) is 47.6 Å². The summed E-state index contributed by atoms with van der Waals surface area (Å²) in [5.41, 5.74) is 1.35. The van der Waals surface area contributed by atoms with Gasteiger partial charge in [-0.15, -0.1) is 0 Å². The number of nitrogens with one attached hydrogen (secondary N) is 1. The maximum atomic E-state index is 13.0. The van der Waals surface area contributed by atoms with Crippen molar-refractivity contribution in [2.45, 2.75) is 6.42 Å². The number of H-pyrrole nitrogens is 1. The molecule has 0 atom stereocenters. The second-order valence-corrected chi connectivity index (χ2v) is 5.62. The SMILES string of the molecule is COc1ccc(O)c(/C=N/n2c(Cc3ccc(F)cc3)n[nH]c2=S)c1. The normalized spacial score (nSPS) is 11.1. The molecule has 0 aliphatic rings. The van der Waals surface area contributed by atoms with Gasteiger partial charge in [0.25, 0.3) is 0 Å². The molecule has 2 N–H and O–H groups in total. The maximum Gasteiger partial charge on any atom is 0.216 e. The van der Waals surface area contributed by atoms with Gasteiger partial charge in [-0.05, 0) is 48.1 Å². The fourth-order valence-corrected chi connectivity index (χ4v) is 2.42. The van der Waals surface area contributed by atoms with Crippen molar-refractivity contribution in [2.75, 3.05) is 7.11 Å². The molecular weight excluding hydrogens is 343 g/mol. The van der Waals surface area contributed by atoms with Crippen molar-refractivity contribution in [3.05, 3.63) is 70.0 Å². The minimum absolute atomic E-state index is 0.0691. The summed E-state index contributed by atoms with van der Waals surface area (Å²) in [4.78, 5) is 0. The third-order valence-electron chi connectivity index (χ3n) is 3.54. The van der Waals surface area contributed by atoms with Crippen molar-refractivity contribution in [2.24, 2.45) is 5.10 Å². The number of phenolic OH excluding ortho intramolecular Hbond substituents is 1. The largest absolute Gasteiger partial charge is 0.507 e. The Morgan fingerprint density at radius 2 is 2.08 bits per heavy atom. The first kappa shape index (κ1) is 16.8. The monoisotopic (exact) mass is 358 g/mol. The summed E-state index contributed by atoms with van der Waals surface area (Å²) in [6.45, 7) is 0. The van der Waals surface area contributed by atoms with Crippen molar-refractivity contribution >= 4 is 18.4 Å². The number of aromatic hydroxyl groups is 1. The van der Waals surface area contributed by atoms with E-state index in [1.807, 2.05) is 0 Å². The fourth-order valence-electron chi connectivity index (χ4n) is 2.23. The Morgan fingerprint density at radius 1 is 1.32 bits per heavy atom. The second kappa shape index (κ2) is 7.27. The first-order chi connectivity index (χ1) is 12.1. The van der Waals surface area contributed by atoms with Gasteiger partial charge in [0.2, 0.25) is 4.77 Å². The highest BCUT2D eigenvalue weighted by molar-refractivity contribution is 7.71. The van der Waals surface area contributed by atoms with E-state index >= 15 is 0 Å². The third-order valence-corrected chi connectivity index (χ3v) is 3.80. The fraction of sp³-hybridized carbons (Fsp3) is 0.118. The lowest BCUT2D eigenvalue weighted by atomic mass is 10.1. The Hall–Kier alpha value is -3.00. The molecule has 0 saturated carbocycles. The van der Waals surface area contributed by atoms with Crippen LogP contribution in [-0.4, -0.2) is 33.3 Å². The molecule has 3 aromatic rings. The molecule has 8 heteroatoms. The predicted octanol–water partition coefficient (Wildman–Crippen LogP) is 3.27. The van der Waals surface area contributed by atoms with Crippen LogP contribution in [0.1, 0.15) is 17.0 Å². The van der Waals surface area contributed by atoms with E-state index in [0.717, 1.165) is 5.56 Å². The second-order valence-electron chi connectivity index (χ2n) is 5.23. The molecule has 2 aromatic carbocycles. The molecule has 0 spiro atoms. The van der Waals surface area contributed by atoms with Gasteiger partial charge in [-0.2, -0.15) is 14.9 Å². The maximum absolute atomic E-state index is 13.0. The zero-order valence-electron chi connectivity index (χ0n) is 13.3. The van der Waals surface area contributed by atoms with E-state index in [1.165, 1.54) is 29.1 Å². The van der Waals surface area contributed by atoms with Gasteiger partial charge >= 0.3 is 0 Å². The quantitative estimate of drug-likeness (QED) is 0.542. The average molecular weight is 358 g/mol. The van der Waals surface area contributed by atoms with Crippen LogP contribution >= 0.6 is 12.2 Å². The highest BCUT2D eigenvalue weighted by Gasteiger charge is 2.07. The molecule has 0 fully saturated rings. The van der Waals surface area contributed by atoms with Crippen LogP contribution in [0.3, 0.4) is 0 Å². The molecule has 0 aliphatic heterocycles. The van der Waals surface area contributed by atoms with Gasteiger partial charge in [-0.25, -0.2) is 4.39 Å². The van der Waals surface area contributed by atoms with Crippen LogP contribution in [-0.2, 0) is 6.42 Å². The summed E-state index contributed by atoms with van der Waals surface area (Å²) in [5, 5.41) is 21.0. The van der Waals surface area contributed by atoms with E-state index in [-0.39, 0.29) is 11.6 Å². The summed E-state index contributed by atoms with van der Waals surface area (Å²) in [6.07, 6.45) is 1.90. The summed E-state index contributed by atoms with van der Waals surface area (Å²) in [5.74, 6) is 0.936. The van der Waals surface area contributed by atoms with Gasteiger partial charge in [0.05, 0.1) is 13.3 Å². The zero-order valence-corrected chi connectivity index (χ0v) is 14.1. The van der Waals surface area contributed by atoms with Crippen LogP contribution in [0.5, 0.6) is 11.5 Å². The van der Waals surface area contributed by atoms with Gasteiger partial charge in [-0.1, -0.05) is 12.1 Å². The van der Waals surface area contributed by atoms with E-state index in [1.54, 1.807) is 31.4 Å². The Balaban J connectivity index is 1.89. The number of ether oxygens (including phenoxy) is 1. The lowest BCUT2D eigenvalue weighted by molar-refractivity contribution is 0.412. The van der Waals surface area contributed by atoms with E-state index in [2.05, 4.69) is 15.3 Å². The Kier molecular flexibility index (Phi) is 4.90. The first-order valence-electron chi connectivity index (χ1n) is 7.39. The summed E-state index contributed by atoms with van der Waals surface area (Å²) < 4.78 is 19.9. The number of aromatic nitrogens is 3. The van der Waals surface area contributed by atoms with E-state index < -0.39 is 0 Å². The lowest BCUT2D eigenvalue weighted by Gasteiger charge is -2.04. The number of halogens is 1. The van der Waals surface area contributed by atoms with Crippen molar-refractivity contribution in [1.82, 2.24) is 14.9 Å². The third kappa shape index (κ3) is 3.92. The number of hydrogen-bond acceptors (Lipinski definition) is 5. The molecular formula is C17H15FN4O2S. The Bertz CT molecular complexity index is 964. The summed E-state index contributed by atoms with van der Waals surface area (Å²) >= 11 is 5.19. The standard InChI is InChI=1S/C17H15FN4O2S/c1-24-14-6-7-15(23)12(9-14)10-19-22-16(20-21-17(22)25)8-11-2-4-13(18)5-3-11/h2-7,9-10,23H,8H2,1H3,(H,21,25)/b19-10+. The van der Waals surface area contributed by atoms with Gasteiger partial charge in [-0.3, -0.25) is 5.10 Å². The zero-order chi connectivity index (χ0) is 17.8. The molecule has 25 heavy (non-hydrogen) atoms. The first-order valence-corrected chi connectivity index (χ1v) is 7.80. The number of nitrogens with zero attached hydrogens (tertiary/aromatic N) is 3. The molecule has 0 unspecified atom stereocenters. The minimum atomic E-state index is -0.297. The Morgan fingerprint density at radius 3 is 2.80 bits per heavy atom. The molecule has 128 valence electrons. The Labute approximate surface area is 148 Å². The van der Waals surface area contributed by atoms with E-state index in [4.69, 9.17) is 17.0 Å². The lowest BCUT2D eigenvalue weighted by Crippen LogP contribution is -2.00. The molecule has 0 radical (unpaired) electrons. The van der Waals surface area contributed by atoms with Crippen molar-refractivity contribution < 1.29 is 14.2 Å². The summed E-state index contributed by atoms with van der Waals surface area (Å²) in [6, 6.07) is 11.0. The van der Waals surface area contributed by atoms with Crippen LogP contribution < -0.4 is 4.74 Å². The number of phenols is 1. The van der Waals surface area contributed by atoms with Crippen LogP contribution in [0, 0.1) is 10.6 Å². The number of rotatable bonds is 5. The topological polar surface area (TPSA) is 75.4 Å². The average Bonchev–Trinajstić information content (AvgIpc) is 2.96. The van der Waals surface area contributed by atoms with Crippen LogP contribution in [0.2, 0.25) is 0 Å². The van der Waals surface area contributed by atoms with Gasteiger partial charge in [0.1, 0.15) is 17.3 Å². The van der Waals surface area contributed by atoms with Gasteiger partial charge in [0, 0.05) is 12.0 Å². The minimum Gasteiger partial charge on any atom is -0.507 e. The highest BCUT2D eigenvalue weighted by Crippen LogP contribution is 2.21. The van der Waals surface area contributed by atoms with Crippen molar-refractivity contribution in [3.63, 3.8) is 0 Å². The molecule has 3 rings (SSSR count). The number of benzene rings is 2.